The number of pyridine rings is 1. The zero-order valence-electron chi connectivity index (χ0n) is 12.3. The van der Waals surface area contributed by atoms with Gasteiger partial charge in [-0.05, 0) is 38.0 Å². The van der Waals surface area contributed by atoms with Gasteiger partial charge in [-0.15, -0.1) is 0 Å². The van der Waals surface area contributed by atoms with Crippen LogP contribution < -0.4 is 5.43 Å². The lowest BCUT2D eigenvalue weighted by Gasteiger charge is -2.12. The number of esters is 1. The quantitative estimate of drug-likeness (QED) is 0.851. The van der Waals surface area contributed by atoms with Gasteiger partial charge in [-0.1, -0.05) is 6.07 Å². The van der Waals surface area contributed by atoms with Crippen LogP contribution in [0.25, 0.3) is 10.9 Å². The topological polar surface area (TPSA) is 68.5 Å². The van der Waals surface area contributed by atoms with Crippen molar-refractivity contribution < 1.29 is 14.6 Å². The van der Waals surface area contributed by atoms with Gasteiger partial charge in [0.05, 0.1) is 12.1 Å². The van der Waals surface area contributed by atoms with E-state index in [4.69, 9.17) is 9.84 Å². The maximum absolute atomic E-state index is 12.5. The second kappa shape index (κ2) is 6.54. The van der Waals surface area contributed by atoms with E-state index < -0.39 is 5.97 Å². The molecule has 0 unspecified atom stereocenters. The number of fused-ring (bicyclic) bond motifs is 1. The van der Waals surface area contributed by atoms with E-state index in [0.29, 0.717) is 18.4 Å². The maximum atomic E-state index is 12.5. The average molecular weight is 289 g/mol. The SMILES string of the molecule is CCOC(=O)c1cn(CC)c2ccc(CCO)cc2c1=O. The molecule has 0 bridgehead atoms. The van der Waals surface area contributed by atoms with Crippen molar-refractivity contribution in [1.82, 2.24) is 4.57 Å². The Morgan fingerprint density at radius 3 is 2.71 bits per heavy atom. The summed E-state index contributed by atoms with van der Waals surface area (Å²) in [4.78, 5) is 24.4. The van der Waals surface area contributed by atoms with Crippen LogP contribution in [0.15, 0.2) is 29.2 Å². The molecule has 1 N–H and O–H groups in total. The van der Waals surface area contributed by atoms with Crippen molar-refractivity contribution in [3.63, 3.8) is 0 Å². The van der Waals surface area contributed by atoms with E-state index in [2.05, 4.69) is 0 Å². The first kappa shape index (κ1) is 15.3. The summed E-state index contributed by atoms with van der Waals surface area (Å²) in [5, 5.41) is 9.50. The van der Waals surface area contributed by atoms with Crippen LogP contribution in [0.3, 0.4) is 0 Å². The van der Waals surface area contributed by atoms with E-state index in [9.17, 15) is 9.59 Å². The third-order valence-corrected chi connectivity index (χ3v) is 3.38. The summed E-state index contributed by atoms with van der Waals surface area (Å²) < 4.78 is 6.80. The first-order valence-corrected chi connectivity index (χ1v) is 7.06. The minimum Gasteiger partial charge on any atom is -0.462 e. The molecule has 0 fully saturated rings. The smallest absolute Gasteiger partial charge is 0.343 e. The van der Waals surface area contributed by atoms with Gasteiger partial charge in [0.2, 0.25) is 5.43 Å². The molecule has 0 amide bonds. The summed E-state index contributed by atoms with van der Waals surface area (Å²) in [6, 6.07) is 5.47. The highest BCUT2D eigenvalue weighted by atomic mass is 16.5. The van der Waals surface area contributed by atoms with Crippen LogP contribution >= 0.6 is 0 Å². The van der Waals surface area contributed by atoms with Gasteiger partial charge in [0.1, 0.15) is 5.56 Å². The Kier molecular flexibility index (Phi) is 4.75. The van der Waals surface area contributed by atoms with Gasteiger partial charge in [-0.3, -0.25) is 4.79 Å². The molecular formula is C16H19NO4. The van der Waals surface area contributed by atoms with Gasteiger partial charge in [0.15, 0.2) is 0 Å². The largest absolute Gasteiger partial charge is 0.462 e. The molecule has 1 heterocycles. The normalized spacial score (nSPS) is 10.8. The van der Waals surface area contributed by atoms with Gasteiger partial charge in [-0.2, -0.15) is 0 Å². The molecule has 0 aliphatic rings. The Balaban J connectivity index is 2.69. The molecule has 0 spiro atoms. The van der Waals surface area contributed by atoms with Crippen LogP contribution in [0.4, 0.5) is 0 Å². The molecule has 0 aliphatic carbocycles. The number of aliphatic hydroxyl groups excluding tert-OH is 1. The number of aromatic nitrogens is 1. The highest BCUT2D eigenvalue weighted by Crippen LogP contribution is 2.15. The van der Waals surface area contributed by atoms with Crippen LogP contribution in [0.5, 0.6) is 0 Å². The Labute approximate surface area is 122 Å². The second-order valence-corrected chi connectivity index (χ2v) is 4.70. The van der Waals surface area contributed by atoms with Crippen molar-refractivity contribution in [3.8, 4) is 0 Å². The van der Waals surface area contributed by atoms with Gasteiger partial charge < -0.3 is 14.4 Å². The number of benzene rings is 1. The number of carbonyl (C=O) groups excluding carboxylic acids is 1. The lowest BCUT2D eigenvalue weighted by atomic mass is 10.1. The fraction of sp³-hybridized carbons (Fsp3) is 0.375. The molecule has 1 aromatic heterocycles. The molecule has 0 aliphatic heterocycles. The van der Waals surface area contributed by atoms with Crippen molar-refractivity contribution in [2.75, 3.05) is 13.2 Å². The van der Waals surface area contributed by atoms with Gasteiger partial charge in [-0.25, -0.2) is 4.79 Å². The van der Waals surface area contributed by atoms with E-state index in [-0.39, 0.29) is 24.2 Å². The highest BCUT2D eigenvalue weighted by Gasteiger charge is 2.16. The molecule has 0 saturated carbocycles. The van der Waals surface area contributed by atoms with E-state index in [0.717, 1.165) is 11.1 Å². The summed E-state index contributed by atoms with van der Waals surface area (Å²) in [6.45, 7) is 4.54. The lowest BCUT2D eigenvalue weighted by Crippen LogP contribution is -2.21. The average Bonchev–Trinajstić information content (AvgIpc) is 2.48. The fourth-order valence-electron chi connectivity index (χ4n) is 2.35. The summed E-state index contributed by atoms with van der Waals surface area (Å²) >= 11 is 0. The molecule has 2 rings (SSSR count). The standard InChI is InChI=1S/C16H19NO4/c1-3-17-10-13(16(20)21-4-2)15(19)12-9-11(7-8-18)5-6-14(12)17/h5-6,9-10,18H,3-4,7-8H2,1-2H3. The van der Waals surface area contributed by atoms with Crippen LogP contribution in [0.2, 0.25) is 0 Å². The Morgan fingerprint density at radius 1 is 1.33 bits per heavy atom. The number of carbonyl (C=O) groups is 1. The summed E-state index contributed by atoms with van der Waals surface area (Å²) in [5.41, 5.74) is 1.36. The van der Waals surface area contributed by atoms with E-state index in [1.54, 1.807) is 19.2 Å². The van der Waals surface area contributed by atoms with Crippen molar-refractivity contribution in [1.29, 1.82) is 0 Å². The number of aryl methyl sites for hydroxylation is 1. The molecular weight excluding hydrogens is 270 g/mol. The minimum atomic E-state index is -0.598. The number of ether oxygens (including phenoxy) is 1. The fourth-order valence-corrected chi connectivity index (χ4v) is 2.35. The van der Waals surface area contributed by atoms with Crippen molar-refractivity contribution in [2.45, 2.75) is 26.8 Å². The van der Waals surface area contributed by atoms with Crippen molar-refractivity contribution >= 4 is 16.9 Å². The van der Waals surface area contributed by atoms with Crippen LogP contribution in [-0.4, -0.2) is 28.9 Å². The summed E-state index contributed by atoms with van der Waals surface area (Å²) in [6.07, 6.45) is 2.03. The zero-order chi connectivity index (χ0) is 15.4. The number of rotatable bonds is 5. The molecule has 0 atom stereocenters. The summed E-state index contributed by atoms with van der Waals surface area (Å²) in [5.74, 6) is -0.598. The van der Waals surface area contributed by atoms with Crippen LogP contribution in [0, 0.1) is 0 Å². The number of hydrogen-bond acceptors (Lipinski definition) is 4. The Hall–Kier alpha value is -2.14. The molecule has 1 aromatic carbocycles. The molecule has 21 heavy (non-hydrogen) atoms. The van der Waals surface area contributed by atoms with Gasteiger partial charge in [0.25, 0.3) is 0 Å². The van der Waals surface area contributed by atoms with Crippen LogP contribution in [0.1, 0.15) is 29.8 Å². The lowest BCUT2D eigenvalue weighted by molar-refractivity contribution is 0.0524. The molecule has 5 heteroatoms. The molecule has 112 valence electrons. The molecule has 2 aromatic rings. The zero-order valence-corrected chi connectivity index (χ0v) is 12.3. The second-order valence-electron chi connectivity index (χ2n) is 4.70. The van der Waals surface area contributed by atoms with Gasteiger partial charge >= 0.3 is 5.97 Å². The van der Waals surface area contributed by atoms with E-state index >= 15 is 0 Å². The first-order chi connectivity index (χ1) is 10.1. The van der Waals surface area contributed by atoms with E-state index in [1.165, 1.54) is 0 Å². The van der Waals surface area contributed by atoms with Gasteiger partial charge in [0, 0.05) is 24.7 Å². The summed E-state index contributed by atoms with van der Waals surface area (Å²) in [7, 11) is 0. The minimum absolute atomic E-state index is 0.0189. The third kappa shape index (κ3) is 2.97. The first-order valence-electron chi connectivity index (χ1n) is 7.06. The predicted octanol–water partition coefficient (Wildman–Crippen LogP) is 1.73. The maximum Gasteiger partial charge on any atom is 0.343 e. The van der Waals surface area contributed by atoms with Crippen molar-refractivity contribution in [2.24, 2.45) is 0 Å². The molecule has 0 saturated heterocycles. The number of hydrogen-bond donors (Lipinski definition) is 1. The predicted molar refractivity (Wildman–Crippen MR) is 80.6 cm³/mol. The van der Waals surface area contributed by atoms with E-state index in [1.807, 2.05) is 23.6 Å². The number of nitrogens with zero attached hydrogens (tertiary/aromatic N) is 1. The molecule has 5 nitrogen and oxygen atoms in total. The monoisotopic (exact) mass is 289 g/mol. The Bertz CT molecular complexity index is 718. The van der Waals surface area contributed by atoms with Crippen LogP contribution in [-0.2, 0) is 17.7 Å². The van der Waals surface area contributed by atoms with Crippen molar-refractivity contribution in [3.05, 3.63) is 45.7 Å². The highest BCUT2D eigenvalue weighted by molar-refractivity contribution is 5.93. The third-order valence-electron chi connectivity index (χ3n) is 3.38. The Morgan fingerprint density at radius 2 is 2.10 bits per heavy atom. The molecule has 0 radical (unpaired) electrons. The number of aliphatic hydroxyl groups is 1.